The third-order valence-electron chi connectivity index (χ3n) is 1.98. The molecule has 0 fully saturated rings. The maximum Gasteiger partial charge on any atom is 0.326 e. The summed E-state index contributed by atoms with van der Waals surface area (Å²) >= 11 is 0. The summed E-state index contributed by atoms with van der Waals surface area (Å²) < 4.78 is 4.77. The maximum atomic E-state index is 11.5. The number of rotatable bonds is 7. The van der Waals surface area contributed by atoms with Gasteiger partial charge in [-0.1, -0.05) is 0 Å². The van der Waals surface area contributed by atoms with Crippen molar-refractivity contribution in [3.8, 4) is 0 Å². The van der Waals surface area contributed by atoms with Crippen molar-refractivity contribution in [2.75, 3.05) is 27.3 Å². The number of ether oxygens (including phenoxy) is 1. The predicted molar refractivity (Wildman–Crippen MR) is 58.3 cm³/mol. The first-order chi connectivity index (χ1) is 7.88. The van der Waals surface area contributed by atoms with Crippen LogP contribution in [0.5, 0.6) is 0 Å². The molecule has 0 aromatic heterocycles. The van der Waals surface area contributed by atoms with E-state index in [1.165, 1.54) is 19.1 Å². The average molecular weight is 247 g/mol. The Kier molecular flexibility index (Phi) is 6.64. The number of aliphatic carboxylic acids is 1. The average Bonchev–Trinajstić information content (AvgIpc) is 2.23. The Bertz CT molecular complexity index is 294. The SMILES string of the molecule is COCCN(C)C(=O)N[C@@H](CC(N)=O)C(=O)O. The molecule has 0 aromatic carbocycles. The van der Waals surface area contributed by atoms with Gasteiger partial charge in [0.15, 0.2) is 0 Å². The lowest BCUT2D eigenvalue weighted by Gasteiger charge is -2.20. The summed E-state index contributed by atoms with van der Waals surface area (Å²) in [7, 11) is 2.97. The van der Waals surface area contributed by atoms with Crippen LogP contribution in [-0.2, 0) is 14.3 Å². The Labute approximate surface area is 98.7 Å². The van der Waals surface area contributed by atoms with Crippen LogP contribution in [0.1, 0.15) is 6.42 Å². The molecule has 17 heavy (non-hydrogen) atoms. The predicted octanol–water partition coefficient (Wildman–Crippen LogP) is -1.40. The second-order valence-electron chi connectivity index (χ2n) is 3.43. The molecule has 0 rings (SSSR count). The van der Waals surface area contributed by atoms with E-state index in [9.17, 15) is 14.4 Å². The molecule has 98 valence electrons. The number of carbonyl (C=O) groups excluding carboxylic acids is 2. The molecular formula is C9H17N3O5. The smallest absolute Gasteiger partial charge is 0.326 e. The highest BCUT2D eigenvalue weighted by molar-refractivity contribution is 5.87. The topological polar surface area (TPSA) is 122 Å². The number of carboxylic acids is 1. The second kappa shape index (κ2) is 7.44. The van der Waals surface area contributed by atoms with Gasteiger partial charge in [0.1, 0.15) is 6.04 Å². The first-order valence-electron chi connectivity index (χ1n) is 4.90. The van der Waals surface area contributed by atoms with E-state index < -0.39 is 30.4 Å². The second-order valence-corrected chi connectivity index (χ2v) is 3.43. The van der Waals surface area contributed by atoms with E-state index >= 15 is 0 Å². The van der Waals surface area contributed by atoms with Crippen LogP contribution >= 0.6 is 0 Å². The van der Waals surface area contributed by atoms with Gasteiger partial charge in [-0.05, 0) is 0 Å². The van der Waals surface area contributed by atoms with Crippen molar-refractivity contribution in [1.29, 1.82) is 0 Å². The van der Waals surface area contributed by atoms with Gasteiger partial charge in [0, 0.05) is 20.7 Å². The van der Waals surface area contributed by atoms with E-state index in [0.717, 1.165) is 0 Å². The van der Waals surface area contributed by atoms with Crippen LogP contribution in [-0.4, -0.2) is 61.3 Å². The van der Waals surface area contributed by atoms with E-state index in [1.807, 2.05) is 0 Å². The van der Waals surface area contributed by atoms with Gasteiger partial charge in [0.2, 0.25) is 5.91 Å². The number of urea groups is 1. The molecule has 0 spiro atoms. The van der Waals surface area contributed by atoms with Gasteiger partial charge in [0.05, 0.1) is 13.0 Å². The van der Waals surface area contributed by atoms with Gasteiger partial charge in [-0.15, -0.1) is 0 Å². The van der Waals surface area contributed by atoms with Crippen molar-refractivity contribution in [3.05, 3.63) is 0 Å². The summed E-state index contributed by atoms with van der Waals surface area (Å²) in [5, 5.41) is 11.0. The van der Waals surface area contributed by atoms with E-state index in [0.29, 0.717) is 13.2 Å². The quantitative estimate of drug-likeness (QED) is 0.511. The van der Waals surface area contributed by atoms with E-state index in [4.69, 9.17) is 15.6 Å². The van der Waals surface area contributed by atoms with Crippen molar-refractivity contribution < 1.29 is 24.2 Å². The number of methoxy groups -OCH3 is 1. The molecule has 0 aliphatic heterocycles. The van der Waals surface area contributed by atoms with Gasteiger partial charge in [-0.2, -0.15) is 0 Å². The van der Waals surface area contributed by atoms with Gasteiger partial charge in [-0.25, -0.2) is 9.59 Å². The summed E-state index contributed by atoms with van der Waals surface area (Å²) in [6, 6.07) is -1.92. The number of likely N-dealkylation sites (N-methyl/N-ethyl adjacent to an activating group) is 1. The maximum absolute atomic E-state index is 11.5. The first kappa shape index (κ1) is 15.2. The molecule has 0 saturated carbocycles. The zero-order valence-electron chi connectivity index (χ0n) is 9.80. The Balaban J connectivity index is 4.29. The fourth-order valence-corrected chi connectivity index (χ4v) is 0.990. The minimum atomic E-state index is -1.31. The van der Waals surface area contributed by atoms with E-state index in [1.54, 1.807) is 0 Å². The molecule has 0 radical (unpaired) electrons. The molecule has 0 aromatic rings. The fraction of sp³-hybridized carbons (Fsp3) is 0.667. The van der Waals surface area contributed by atoms with Crippen LogP contribution in [0.25, 0.3) is 0 Å². The molecule has 0 saturated heterocycles. The van der Waals surface area contributed by atoms with Crippen molar-refractivity contribution in [3.63, 3.8) is 0 Å². The molecule has 0 heterocycles. The number of carbonyl (C=O) groups is 3. The molecular weight excluding hydrogens is 230 g/mol. The van der Waals surface area contributed by atoms with Crippen molar-refractivity contribution >= 4 is 17.9 Å². The van der Waals surface area contributed by atoms with Crippen LogP contribution in [0.4, 0.5) is 4.79 Å². The van der Waals surface area contributed by atoms with Crippen LogP contribution in [0.3, 0.4) is 0 Å². The zero-order chi connectivity index (χ0) is 13.4. The standard InChI is InChI=1S/C9H17N3O5/c1-12(3-4-17-2)9(16)11-6(8(14)15)5-7(10)13/h6H,3-5H2,1-2H3,(H2,10,13)(H,11,16)(H,14,15)/t6-/m0/s1. The van der Waals surface area contributed by atoms with Crippen molar-refractivity contribution in [1.82, 2.24) is 10.2 Å². The molecule has 0 bridgehead atoms. The van der Waals surface area contributed by atoms with Gasteiger partial charge in [0.25, 0.3) is 0 Å². The number of nitrogens with two attached hydrogens (primary N) is 1. The minimum absolute atomic E-state index is 0.311. The van der Waals surface area contributed by atoms with Crippen molar-refractivity contribution in [2.45, 2.75) is 12.5 Å². The van der Waals surface area contributed by atoms with Crippen LogP contribution < -0.4 is 11.1 Å². The number of nitrogens with zero attached hydrogens (tertiary/aromatic N) is 1. The van der Waals surface area contributed by atoms with Crippen LogP contribution in [0.15, 0.2) is 0 Å². The van der Waals surface area contributed by atoms with Gasteiger partial charge >= 0.3 is 12.0 Å². The molecule has 8 nitrogen and oxygen atoms in total. The monoisotopic (exact) mass is 247 g/mol. The van der Waals surface area contributed by atoms with Crippen LogP contribution in [0, 0.1) is 0 Å². The van der Waals surface area contributed by atoms with E-state index in [2.05, 4.69) is 5.32 Å². The first-order valence-corrected chi connectivity index (χ1v) is 4.90. The molecule has 0 aliphatic rings. The number of primary amides is 1. The number of carboxylic acid groups (broad SMARTS) is 1. The summed E-state index contributed by atoms with van der Waals surface area (Å²) in [4.78, 5) is 34.1. The number of amides is 3. The molecule has 4 N–H and O–H groups in total. The highest BCUT2D eigenvalue weighted by atomic mass is 16.5. The lowest BCUT2D eigenvalue weighted by molar-refractivity contribution is -0.140. The summed E-state index contributed by atoms with van der Waals surface area (Å²) in [6.07, 6.45) is -0.445. The fourth-order valence-electron chi connectivity index (χ4n) is 0.990. The normalized spacial score (nSPS) is 11.6. The summed E-state index contributed by atoms with van der Waals surface area (Å²) in [5.41, 5.74) is 4.88. The highest BCUT2D eigenvalue weighted by Gasteiger charge is 2.23. The number of hydrogen-bond donors (Lipinski definition) is 3. The molecule has 0 unspecified atom stereocenters. The van der Waals surface area contributed by atoms with Gasteiger partial charge < -0.3 is 25.8 Å². The third-order valence-corrected chi connectivity index (χ3v) is 1.98. The third kappa shape index (κ3) is 6.36. The lowest BCUT2D eigenvalue weighted by atomic mass is 10.2. The molecule has 1 atom stereocenters. The highest BCUT2D eigenvalue weighted by Crippen LogP contribution is 1.94. The summed E-state index contributed by atoms with van der Waals surface area (Å²) in [6.45, 7) is 0.642. The van der Waals surface area contributed by atoms with Crippen LogP contribution in [0.2, 0.25) is 0 Å². The largest absolute Gasteiger partial charge is 0.480 e. The zero-order valence-corrected chi connectivity index (χ0v) is 9.80. The number of hydrogen-bond acceptors (Lipinski definition) is 4. The minimum Gasteiger partial charge on any atom is -0.480 e. The van der Waals surface area contributed by atoms with E-state index in [-0.39, 0.29) is 0 Å². The number of nitrogens with one attached hydrogen (secondary N) is 1. The molecule has 0 aliphatic carbocycles. The Hall–Kier alpha value is -1.83. The molecule has 3 amide bonds. The lowest BCUT2D eigenvalue weighted by Crippen LogP contribution is -2.48. The Morgan fingerprint density at radius 1 is 1.47 bits per heavy atom. The van der Waals surface area contributed by atoms with Gasteiger partial charge in [-0.3, -0.25) is 4.79 Å². The summed E-state index contributed by atoms with van der Waals surface area (Å²) in [5.74, 6) is -2.10. The Morgan fingerprint density at radius 2 is 2.06 bits per heavy atom. The van der Waals surface area contributed by atoms with Crippen molar-refractivity contribution in [2.24, 2.45) is 5.73 Å². The Morgan fingerprint density at radius 3 is 2.47 bits per heavy atom. The molecule has 8 heteroatoms.